The minimum absolute atomic E-state index is 0.451. The molecule has 0 aromatic heterocycles. The van der Waals surface area contributed by atoms with Crippen molar-refractivity contribution in [3.8, 4) is 0 Å². The van der Waals surface area contributed by atoms with Gasteiger partial charge in [-0.2, -0.15) is 0 Å². The molecule has 1 aliphatic heterocycles. The predicted molar refractivity (Wildman–Crippen MR) is 70.5 cm³/mol. The molecule has 3 rings (SSSR count). The van der Waals surface area contributed by atoms with Crippen LogP contribution in [0.15, 0.2) is 52.3 Å². The second-order valence-electron chi connectivity index (χ2n) is 4.15. The molecule has 18 heavy (non-hydrogen) atoms. The Bertz CT molecular complexity index is 679. The molecule has 0 saturated carbocycles. The van der Waals surface area contributed by atoms with Gasteiger partial charge in [-0.3, -0.25) is 4.79 Å². The summed E-state index contributed by atoms with van der Waals surface area (Å²) in [6, 6.07) is 12.8. The number of rotatable bonds is 1. The fraction of sp³-hybridized carbons (Fsp3) is 0.0714. The van der Waals surface area contributed by atoms with Crippen LogP contribution in [0.2, 0.25) is 0 Å². The van der Waals surface area contributed by atoms with Gasteiger partial charge in [0.25, 0.3) is 5.24 Å². The van der Waals surface area contributed by atoms with Gasteiger partial charge in [0.2, 0.25) is 0 Å². The van der Waals surface area contributed by atoms with Crippen LogP contribution in [-0.2, 0) is 17.2 Å². The summed E-state index contributed by atoms with van der Waals surface area (Å²) in [7, 11) is -1.17. The molecule has 0 bridgehead atoms. The number of hydrogen-bond donors (Lipinski definition) is 0. The molecule has 4 heteroatoms. The molecular formula is C14H9ClO2S. The van der Waals surface area contributed by atoms with Crippen LogP contribution < -0.4 is 0 Å². The fourth-order valence-corrected chi connectivity index (χ4v) is 3.67. The van der Waals surface area contributed by atoms with E-state index < -0.39 is 16.0 Å². The minimum Gasteiger partial charge on any atom is -0.276 e. The summed E-state index contributed by atoms with van der Waals surface area (Å²) < 4.78 is 12.4. The van der Waals surface area contributed by atoms with Gasteiger partial charge in [0.1, 0.15) is 0 Å². The molecule has 1 aliphatic rings. The number of fused-ring (bicyclic) bond motifs is 2. The Labute approximate surface area is 112 Å². The fourth-order valence-electron chi connectivity index (χ4n) is 2.18. The molecule has 0 fully saturated rings. The summed E-state index contributed by atoms with van der Waals surface area (Å²) in [5.74, 6) is 0. The van der Waals surface area contributed by atoms with E-state index in [9.17, 15) is 9.00 Å². The quantitative estimate of drug-likeness (QED) is 0.640. The van der Waals surface area contributed by atoms with Crippen LogP contribution in [-0.4, -0.2) is 9.45 Å². The van der Waals surface area contributed by atoms with Crippen LogP contribution in [0.1, 0.15) is 21.5 Å². The lowest BCUT2D eigenvalue weighted by Crippen LogP contribution is -2.10. The van der Waals surface area contributed by atoms with Crippen LogP contribution >= 0.6 is 11.6 Å². The largest absolute Gasteiger partial charge is 0.276 e. The lowest BCUT2D eigenvalue weighted by molar-refractivity contribution is 0.108. The van der Waals surface area contributed by atoms with Crippen molar-refractivity contribution >= 4 is 27.6 Å². The average Bonchev–Trinajstić information content (AvgIpc) is 2.38. The Hall–Kier alpha value is -1.45. The van der Waals surface area contributed by atoms with E-state index in [0.717, 1.165) is 20.9 Å². The van der Waals surface area contributed by atoms with Crippen LogP contribution in [0.5, 0.6) is 0 Å². The zero-order valence-corrected chi connectivity index (χ0v) is 10.9. The highest BCUT2D eigenvalue weighted by atomic mass is 35.5. The molecule has 0 radical (unpaired) electrons. The molecule has 2 aromatic rings. The van der Waals surface area contributed by atoms with E-state index in [-0.39, 0.29) is 0 Å². The molecule has 0 spiro atoms. The molecular weight excluding hydrogens is 268 g/mol. The molecule has 0 aliphatic carbocycles. The zero-order chi connectivity index (χ0) is 12.7. The smallest absolute Gasteiger partial charge is 0.252 e. The SMILES string of the molecule is O=C(Cl)c1ccc2c(c1)Cc1ccccc1S2=O. The Kier molecular flexibility index (Phi) is 2.80. The third kappa shape index (κ3) is 1.80. The zero-order valence-electron chi connectivity index (χ0n) is 9.35. The van der Waals surface area contributed by atoms with Gasteiger partial charge in [-0.1, -0.05) is 18.2 Å². The summed E-state index contributed by atoms with van der Waals surface area (Å²) in [6.07, 6.45) is 0.690. The molecule has 2 nitrogen and oxygen atoms in total. The number of hydrogen-bond acceptors (Lipinski definition) is 2. The van der Waals surface area contributed by atoms with Gasteiger partial charge in [-0.15, -0.1) is 0 Å². The minimum atomic E-state index is -1.17. The maximum Gasteiger partial charge on any atom is 0.252 e. The highest BCUT2D eigenvalue weighted by molar-refractivity contribution is 7.85. The third-order valence-electron chi connectivity index (χ3n) is 3.04. The normalized spacial score (nSPS) is 16.8. The van der Waals surface area contributed by atoms with Crippen LogP contribution in [0.25, 0.3) is 0 Å². The van der Waals surface area contributed by atoms with Crippen LogP contribution in [0, 0.1) is 0 Å². The molecule has 1 atom stereocenters. The molecule has 0 amide bonds. The van der Waals surface area contributed by atoms with Crippen molar-refractivity contribution in [2.45, 2.75) is 16.2 Å². The monoisotopic (exact) mass is 276 g/mol. The van der Waals surface area contributed by atoms with Crippen LogP contribution in [0.3, 0.4) is 0 Å². The number of carbonyl (C=O) groups is 1. The Morgan fingerprint density at radius 2 is 1.78 bits per heavy atom. The first-order valence-electron chi connectivity index (χ1n) is 5.49. The van der Waals surface area contributed by atoms with Gasteiger partial charge >= 0.3 is 0 Å². The Morgan fingerprint density at radius 3 is 2.56 bits per heavy atom. The van der Waals surface area contributed by atoms with Gasteiger partial charge in [-0.05, 0) is 53.4 Å². The first kappa shape index (κ1) is 11.6. The number of benzene rings is 2. The lowest BCUT2D eigenvalue weighted by Gasteiger charge is -2.19. The Balaban J connectivity index is 2.16. The van der Waals surface area contributed by atoms with E-state index in [4.69, 9.17) is 11.6 Å². The van der Waals surface area contributed by atoms with Crippen molar-refractivity contribution in [1.29, 1.82) is 0 Å². The van der Waals surface area contributed by atoms with Gasteiger partial charge in [-0.25, -0.2) is 4.21 Å². The van der Waals surface area contributed by atoms with Crippen molar-refractivity contribution in [1.82, 2.24) is 0 Å². The van der Waals surface area contributed by atoms with E-state index in [1.54, 1.807) is 18.2 Å². The summed E-state index contributed by atoms with van der Waals surface area (Å²) in [5, 5.41) is -0.484. The van der Waals surface area contributed by atoms with E-state index in [0.29, 0.717) is 12.0 Å². The highest BCUT2D eigenvalue weighted by Crippen LogP contribution is 2.32. The van der Waals surface area contributed by atoms with Gasteiger partial charge in [0.05, 0.1) is 10.8 Å². The maximum atomic E-state index is 12.4. The van der Waals surface area contributed by atoms with Crippen molar-refractivity contribution in [3.63, 3.8) is 0 Å². The topological polar surface area (TPSA) is 34.1 Å². The molecule has 1 unspecified atom stereocenters. The molecule has 0 saturated heterocycles. The molecule has 90 valence electrons. The van der Waals surface area contributed by atoms with E-state index >= 15 is 0 Å². The van der Waals surface area contributed by atoms with Crippen molar-refractivity contribution in [2.75, 3.05) is 0 Å². The van der Waals surface area contributed by atoms with Gasteiger partial charge in [0.15, 0.2) is 0 Å². The first-order valence-corrected chi connectivity index (χ1v) is 7.02. The standard InChI is InChI=1S/C14H9ClO2S/c15-14(16)10-5-6-13-11(8-10)7-9-3-1-2-4-12(9)18(13)17/h1-6,8H,7H2. The lowest BCUT2D eigenvalue weighted by atomic mass is 10.0. The van der Waals surface area contributed by atoms with E-state index in [2.05, 4.69) is 0 Å². The molecule has 2 aromatic carbocycles. The summed E-state index contributed by atoms with van der Waals surface area (Å²) in [5.41, 5.74) is 2.41. The van der Waals surface area contributed by atoms with Gasteiger partial charge in [0, 0.05) is 15.4 Å². The summed E-state index contributed by atoms with van der Waals surface area (Å²) in [6.45, 7) is 0. The molecule has 1 heterocycles. The van der Waals surface area contributed by atoms with Crippen molar-refractivity contribution in [3.05, 3.63) is 59.2 Å². The second-order valence-corrected chi connectivity index (χ2v) is 5.91. The Morgan fingerprint density at radius 1 is 1.06 bits per heavy atom. The van der Waals surface area contributed by atoms with Crippen molar-refractivity contribution < 1.29 is 9.00 Å². The number of carbonyl (C=O) groups excluding carboxylic acids is 1. The predicted octanol–water partition coefficient (Wildman–Crippen LogP) is 3.14. The van der Waals surface area contributed by atoms with E-state index in [1.807, 2.05) is 24.3 Å². The molecule has 0 N–H and O–H groups in total. The van der Waals surface area contributed by atoms with Gasteiger partial charge < -0.3 is 0 Å². The highest BCUT2D eigenvalue weighted by Gasteiger charge is 2.22. The summed E-state index contributed by atoms with van der Waals surface area (Å²) in [4.78, 5) is 12.8. The second kappa shape index (κ2) is 4.34. The van der Waals surface area contributed by atoms with Crippen LogP contribution in [0.4, 0.5) is 0 Å². The third-order valence-corrected chi connectivity index (χ3v) is 4.85. The van der Waals surface area contributed by atoms with Crippen molar-refractivity contribution in [2.24, 2.45) is 0 Å². The maximum absolute atomic E-state index is 12.4. The first-order chi connectivity index (χ1) is 8.66. The van der Waals surface area contributed by atoms with E-state index in [1.165, 1.54) is 0 Å². The summed E-state index contributed by atoms with van der Waals surface area (Å²) >= 11 is 5.47. The number of halogens is 1. The average molecular weight is 277 g/mol.